The monoisotopic (exact) mass is 315 g/mol. The maximum absolute atomic E-state index is 5.93. The first-order valence-electron chi connectivity index (χ1n) is 7.33. The third-order valence-electron chi connectivity index (χ3n) is 4.40. The van der Waals surface area contributed by atoms with Crippen LogP contribution in [0.2, 0.25) is 4.34 Å². The molecule has 0 atom stereocenters. The van der Waals surface area contributed by atoms with E-state index in [1.807, 2.05) is 6.07 Å². The van der Waals surface area contributed by atoms with Crippen molar-refractivity contribution >= 4 is 22.9 Å². The topological polar surface area (TPSA) is 18.5 Å². The van der Waals surface area contributed by atoms with Gasteiger partial charge in [0.2, 0.25) is 0 Å². The summed E-state index contributed by atoms with van der Waals surface area (Å²) in [6.45, 7) is 4.21. The van der Waals surface area contributed by atoms with E-state index in [1.54, 1.807) is 11.3 Å². The molecule has 1 aromatic heterocycles. The fourth-order valence-corrected chi connectivity index (χ4v) is 3.90. The van der Waals surface area contributed by atoms with Crippen LogP contribution >= 0.6 is 22.9 Å². The fraction of sp³-hybridized carbons (Fsp3) is 0.733. The highest BCUT2D eigenvalue weighted by Gasteiger charge is 2.39. The quantitative estimate of drug-likeness (QED) is 0.744. The first-order valence-corrected chi connectivity index (χ1v) is 8.52. The summed E-state index contributed by atoms with van der Waals surface area (Å²) in [6, 6.07) is 4.06. The normalized spacial score (nSPS) is 17.7. The number of hydrogen-bond acceptors (Lipinski definition) is 4. The van der Waals surface area contributed by atoms with Crippen molar-refractivity contribution in [3.05, 3.63) is 21.3 Å². The number of thiophene rings is 1. The fourth-order valence-electron chi connectivity index (χ4n) is 2.84. The van der Waals surface area contributed by atoms with Crippen LogP contribution in [0.25, 0.3) is 0 Å². The summed E-state index contributed by atoms with van der Waals surface area (Å²) in [5, 5.41) is 3.49. The summed E-state index contributed by atoms with van der Waals surface area (Å²) >= 11 is 7.58. The number of hydrogen-bond donors (Lipinski definition) is 1. The van der Waals surface area contributed by atoms with Crippen molar-refractivity contribution in [2.24, 2.45) is 0 Å². The lowest BCUT2D eigenvalue weighted by Gasteiger charge is -2.49. The molecule has 0 aliphatic heterocycles. The molecule has 1 fully saturated rings. The van der Waals surface area contributed by atoms with Gasteiger partial charge < -0.3 is 15.1 Å². The number of nitrogens with one attached hydrogen (secondary N) is 1. The second-order valence-corrected chi connectivity index (χ2v) is 7.89. The lowest BCUT2D eigenvalue weighted by Crippen LogP contribution is -2.57. The summed E-state index contributed by atoms with van der Waals surface area (Å²) in [7, 11) is 6.66. The average molecular weight is 316 g/mol. The first kappa shape index (κ1) is 16.2. The van der Waals surface area contributed by atoms with Crippen molar-refractivity contribution in [3.8, 4) is 0 Å². The number of nitrogens with zero attached hydrogens (tertiary/aromatic N) is 2. The SMILES string of the molecule is CN(CCNCc1ccc(Cl)s1)CC1(N(C)C)CCC1. The molecule has 1 aromatic rings. The van der Waals surface area contributed by atoms with E-state index in [0.717, 1.165) is 24.0 Å². The molecule has 5 heteroatoms. The minimum Gasteiger partial charge on any atom is -0.311 e. The van der Waals surface area contributed by atoms with E-state index in [0.29, 0.717) is 5.54 Å². The lowest BCUT2D eigenvalue weighted by molar-refractivity contribution is 0.0282. The average Bonchev–Trinajstić information content (AvgIpc) is 2.75. The van der Waals surface area contributed by atoms with Gasteiger partial charge in [0.1, 0.15) is 0 Å². The van der Waals surface area contributed by atoms with Gasteiger partial charge in [0.05, 0.1) is 4.34 Å². The van der Waals surface area contributed by atoms with E-state index < -0.39 is 0 Å². The smallest absolute Gasteiger partial charge is 0.0931 e. The predicted octanol–water partition coefficient (Wildman–Crippen LogP) is 2.91. The zero-order valence-electron chi connectivity index (χ0n) is 12.8. The van der Waals surface area contributed by atoms with Crippen LogP contribution in [0.1, 0.15) is 24.1 Å². The molecule has 0 spiro atoms. The summed E-state index contributed by atoms with van der Waals surface area (Å²) < 4.78 is 0.872. The molecule has 114 valence electrons. The lowest BCUT2D eigenvalue weighted by atomic mass is 9.75. The Labute approximate surface area is 131 Å². The zero-order valence-corrected chi connectivity index (χ0v) is 14.4. The first-order chi connectivity index (χ1) is 9.52. The molecule has 1 aliphatic carbocycles. The number of halogens is 1. The largest absolute Gasteiger partial charge is 0.311 e. The standard InChI is InChI=1S/C15H26ClN3S/c1-18(2)15(7-4-8-15)12-19(3)10-9-17-11-13-5-6-14(16)20-13/h5-6,17H,4,7-12H2,1-3H3. The second-order valence-electron chi connectivity index (χ2n) is 6.09. The molecule has 0 aromatic carbocycles. The molecule has 0 radical (unpaired) electrons. The Kier molecular flexibility index (Phi) is 5.87. The maximum Gasteiger partial charge on any atom is 0.0931 e. The molecular weight excluding hydrogens is 290 g/mol. The van der Waals surface area contributed by atoms with E-state index in [-0.39, 0.29) is 0 Å². The van der Waals surface area contributed by atoms with Gasteiger partial charge in [-0.05, 0) is 52.5 Å². The Morgan fingerprint density at radius 3 is 2.55 bits per heavy atom. The molecule has 1 heterocycles. The van der Waals surface area contributed by atoms with E-state index in [4.69, 9.17) is 11.6 Å². The van der Waals surface area contributed by atoms with Gasteiger partial charge in [-0.25, -0.2) is 0 Å². The molecule has 0 bridgehead atoms. The molecule has 1 N–H and O–H groups in total. The molecule has 0 saturated heterocycles. The van der Waals surface area contributed by atoms with E-state index in [9.17, 15) is 0 Å². The molecule has 0 amide bonds. The Morgan fingerprint density at radius 2 is 2.05 bits per heavy atom. The highest BCUT2D eigenvalue weighted by Crippen LogP contribution is 2.36. The minimum absolute atomic E-state index is 0.427. The van der Waals surface area contributed by atoms with Crippen LogP contribution in [0.4, 0.5) is 0 Å². The summed E-state index contributed by atoms with van der Waals surface area (Å²) in [6.07, 6.45) is 4.06. The zero-order chi connectivity index (χ0) is 14.6. The molecule has 1 aliphatic rings. The van der Waals surface area contributed by atoms with Gasteiger partial charge in [0, 0.05) is 36.6 Å². The van der Waals surface area contributed by atoms with Gasteiger partial charge in [0.25, 0.3) is 0 Å². The van der Waals surface area contributed by atoms with E-state index in [1.165, 1.54) is 30.7 Å². The van der Waals surface area contributed by atoms with Crippen molar-refractivity contribution in [1.29, 1.82) is 0 Å². The molecule has 1 saturated carbocycles. The van der Waals surface area contributed by atoms with Crippen molar-refractivity contribution in [2.45, 2.75) is 31.3 Å². The predicted molar refractivity (Wildman–Crippen MR) is 88.8 cm³/mol. The van der Waals surface area contributed by atoms with Gasteiger partial charge in [0.15, 0.2) is 0 Å². The highest BCUT2D eigenvalue weighted by molar-refractivity contribution is 7.16. The van der Waals surface area contributed by atoms with Crippen molar-refractivity contribution < 1.29 is 0 Å². The van der Waals surface area contributed by atoms with E-state index >= 15 is 0 Å². The van der Waals surface area contributed by atoms with Crippen LogP contribution in [0, 0.1) is 0 Å². The van der Waals surface area contributed by atoms with Gasteiger partial charge in [-0.2, -0.15) is 0 Å². The van der Waals surface area contributed by atoms with Crippen LogP contribution in [0.15, 0.2) is 12.1 Å². The molecular formula is C15H26ClN3S. The van der Waals surface area contributed by atoms with Gasteiger partial charge in [-0.1, -0.05) is 11.6 Å². The van der Waals surface area contributed by atoms with Gasteiger partial charge in [-0.15, -0.1) is 11.3 Å². The minimum atomic E-state index is 0.427. The maximum atomic E-state index is 5.93. The molecule has 0 unspecified atom stereocenters. The van der Waals surface area contributed by atoms with Crippen LogP contribution in [-0.4, -0.2) is 56.1 Å². The second kappa shape index (κ2) is 7.23. The number of rotatable bonds is 8. The Balaban J connectivity index is 1.64. The third-order valence-corrected chi connectivity index (χ3v) is 5.63. The summed E-state index contributed by atoms with van der Waals surface area (Å²) in [5.74, 6) is 0. The van der Waals surface area contributed by atoms with Crippen LogP contribution in [-0.2, 0) is 6.54 Å². The molecule has 20 heavy (non-hydrogen) atoms. The van der Waals surface area contributed by atoms with Gasteiger partial charge >= 0.3 is 0 Å². The highest BCUT2D eigenvalue weighted by atomic mass is 35.5. The molecule has 3 nitrogen and oxygen atoms in total. The van der Waals surface area contributed by atoms with Crippen LogP contribution in [0.3, 0.4) is 0 Å². The van der Waals surface area contributed by atoms with Crippen molar-refractivity contribution in [2.75, 3.05) is 40.8 Å². The number of likely N-dealkylation sites (N-methyl/N-ethyl adjacent to an activating group) is 2. The van der Waals surface area contributed by atoms with Crippen LogP contribution in [0.5, 0.6) is 0 Å². The summed E-state index contributed by atoms with van der Waals surface area (Å²) in [5.41, 5.74) is 0.427. The van der Waals surface area contributed by atoms with Gasteiger partial charge in [-0.3, -0.25) is 0 Å². The Morgan fingerprint density at radius 1 is 1.30 bits per heavy atom. The van der Waals surface area contributed by atoms with Crippen LogP contribution < -0.4 is 5.32 Å². The Hall–Kier alpha value is -0.130. The van der Waals surface area contributed by atoms with Crippen molar-refractivity contribution in [3.63, 3.8) is 0 Å². The van der Waals surface area contributed by atoms with E-state index in [2.05, 4.69) is 42.3 Å². The molecule has 2 rings (SSSR count). The van der Waals surface area contributed by atoms with Crippen molar-refractivity contribution in [1.82, 2.24) is 15.1 Å². The summed E-state index contributed by atoms with van der Waals surface area (Å²) in [4.78, 5) is 6.17. The Bertz CT molecular complexity index is 415. The third kappa shape index (κ3) is 4.18.